The quantitative estimate of drug-likeness (QED) is 0.818. The molecule has 0 aromatic rings. The maximum atomic E-state index is 5.95. The summed E-state index contributed by atoms with van der Waals surface area (Å²) in [6.45, 7) is 7.99. The second-order valence-electron chi connectivity index (χ2n) is 6.12. The summed E-state index contributed by atoms with van der Waals surface area (Å²) in [5.74, 6) is 1.98. The minimum Gasteiger partial charge on any atom is -0.377 e. The Labute approximate surface area is 110 Å². The van der Waals surface area contributed by atoms with Crippen LogP contribution in [0.1, 0.15) is 40.0 Å². The van der Waals surface area contributed by atoms with Crippen LogP contribution in [0.5, 0.6) is 0 Å². The van der Waals surface area contributed by atoms with Crippen molar-refractivity contribution in [2.75, 3.05) is 18.6 Å². The molecule has 1 saturated heterocycles. The van der Waals surface area contributed by atoms with Gasteiger partial charge in [0.25, 0.3) is 0 Å². The smallest absolute Gasteiger partial charge is 0.0684 e. The highest BCUT2D eigenvalue weighted by Crippen LogP contribution is 2.51. The zero-order valence-electron chi connectivity index (χ0n) is 11.7. The second-order valence-corrected chi connectivity index (χ2v) is 7.03. The first-order valence-corrected chi connectivity index (χ1v) is 8.37. The lowest BCUT2D eigenvalue weighted by Crippen LogP contribution is -2.70. The van der Waals surface area contributed by atoms with Crippen molar-refractivity contribution >= 4 is 11.8 Å². The molecule has 2 fully saturated rings. The lowest BCUT2D eigenvalue weighted by atomic mass is 9.55. The van der Waals surface area contributed by atoms with Gasteiger partial charge >= 0.3 is 0 Å². The van der Waals surface area contributed by atoms with E-state index in [1.807, 2.05) is 11.8 Å². The van der Waals surface area contributed by atoms with Crippen molar-refractivity contribution in [1.82, 2.24) is 5.32 Å². The fourth-order valence-electron chi connectivity index (χ4n) is 3.60. The standard InChI is InChI=1S/C14H27NOS/c1-5-10(9-17-4)15-12-11-7-6-8-16-13(11)14(12,2)3/h10-13,15H,5-9H2,1-4H3. The van der Waals surface area contributed by atoms with E-state index in [2.05, 4.69) is 32.3 Å². The maximum absolute atomic E-state index is 5.95. The molecule has 0 spiro atoms. The van der Waals surface area contributed by atoms with Crippen molar-refractivity contribution in [2.24, 2.45) is 11.3 Å². The molecule has 0 amide bonds. The van der Waals surface area contributed by atoms with Gasteiger partial charge < -0.3 is 10.1 Å². The summed E-state index contributed by atoms with van der Waals surface area (Å²) in [5, 5.41) is 3.89. The van der Waals surface area contributed by atoms with E-state index in [-0.39, 0.29) is 0 Å². The molecule has 1 aliphatic heterocycles. The second kappa shape index (κ2) is 5.50. The Hall–Kier alpha value is 0.270. The Balaban J connectivity index is 1.95. The highest BCUT2D eigenvalue weighted by Gasteiger charge is 2.57. The van der Waals surface area contributed by atoms with Crippen molar-refractivity contribution in [1.29, 1.82) is 0 Å². The van der Waals surface area contributed by atoms with Crippen molar-refractivity contribution in [3.8, 4) is 0 Å². The molecule has 0 aromatic carbocycles. The number of fused-ring (bicyclic) bond motifs is 1. The van der Waals surface area contributed by atoms with Crippen LogP contribution in [0.2, 0.25) is 0 Å². The molecule has 1 heterocycles. The SMILES string of the molecule is CCC(CSC)NC1C2CCCOC2C1(C)C. The number of thioether (sulfide) groups is 1. The summed E-state index contributed by atoms with van der Waals surface area (Å²) < 4.78 is 5.95. The molecule has 0 bridgehead atoms. The molecule has 17 heavy (non-hydrogen) atoms. The fraction of sp³-hybridized carbons (Fsp3) is 1.00. The van der Waals surface area contributed by atoms with Gasteiger partial charge in [-0.15, -0.1) is 0 Å². The number of rotatable bonds is 5. The summed E-state index contributed by atoms with van der Waals surface area (Å²) in [7, 11) is 0. The molecule has 2 rings (SSSR count). The molecule has 4 unspecified atom stereocenters. The van der Waals surface area contributed by atoms with Gasteiger partial charge in [-0.05, 0) is 25.5 Å². The summed E-state index contributed by atoms with van der Waals surface area (Å²) in [6, 6.07) is 1.32. The van der Waals surface area contributed by atoms with Gasteiger partial charge in [0, 0.05) is 35.8 Å². The van der Waals surface area contributed by atoms with E-state index in [4.69, 9.17) is 4.74 Å². The Morgan fingerprint density at radius 1 is 1.47 bits per heavy atom. The predicted octanol–water partition coefficient (Wildman–Crippen LogP) is 2.92. The first-order valence-electron chi connectivity index (χ1n) is 6.97. The molecule has 2 aliphatic rings. The minimum atomic E-state index is 0.316. The molecule has 3 heteroatoms. The van der Waals surface area contributed by atoms with Crippen molar-refractivity contribution in [3.05, 3.63) is 0 Å². The lowest BCUT2D eigenvalue weighted by molar-refractivity contribution is -0.194. The zero-order valence-corrected chi connectivity index (χ0v) is 12.5. The normalized spacial score (nSPS) is 37.1. The largest absolute Gasteiger partial charge is 0.377 e. The van der Waals surface area contributed by atoms with E-state index in [1.54, 1.807) is 0 Å². The number of nitrogens with one attached hydrogen (secondary N) is 1. The summed E-state index contributed by atoms with van der Waals surface area (Å²) >= 11 is 1.95. The van der Waals surface area contributed by atoms with Crippen LogP contribution in [0, 0.1) is 11.3 Å². The number of hydrogen-bond acceptors (Lipinski definition) is 3. The molecular weight excluding hydrogens is 230 g/mol. The Morgan fingerprint density at radius 3 is 2.88 bits per heavy atom. The molecule has 0 radical (unpaired) electrons. The van der Waals surface area contributed by atoms with Crippen LogP contribution in [0.4, 0.5) is 0 Å². The van der Waals surface area contributed by atoms with Crippen molar-refractivity contribution < 1.29 is 4.74 Å². The summed E-state index contributed by atoms with van der Waals surface area (Å²) in [6.07, 6.45) is 6.52. The average Bonchev–Trinajstić information content (AvgIpc) is 2.34. The molecule has 100 valence electrons. The maximum Gasteiger partial charge on any atom is 0.0684 e. The van der Waals surface area contributed by atoms with E-state index in [9.17, 15) is 0 Å². The molecule has 1 aliphatic carbocycles. The van der Waals surface area contributed by atoms with Crippen molar-refractivity contribution in [3.63, 3.8) is 0 Å². The summed E-state index contributed by atoms with van der Waals surface area (Å²) in [5.41, 5.74) is 0.316. The van der Waals surface area contributed by atoms with Crippen LogP contribution in [0.3, 0.4) is 0 Å². The van der Waals surface area contributed by atoms with Gasteiger partial charge in [-0.2, -0.15) is 11.8 Å². The third-order valence-corrected chi connectivity index (χ3v) is 5.34. The predicted molar refractivity (Wildman–Crippen MR) is 75.6 cm³/mol. The van der Waals surface area contributed by atoms with Gasteiger partial charge in [0.2, 0.25) is 0 Å². The van der Waals surface area contributed by atoms with Gasteiger partial charge in [-0.3, -0.25) is 0 Å². The minimum absolute atomic E-state index is 0.316. The molecule has 1 saturated carbocycles. The van der Waals surface area contributed by atoms with Crippen LogP contribution in [0.15, 0.2) is 0 Å². The van der Waals surface area contributed by atoms with Crippen LogP contribution in [-0.4, -0.2) is 36.8 Å². The Morgan fingerprint density at radius 2 is 2.24 bits per heavy atom. The first kappa shape index (κ1) is 13.7. The van der Waals surface area contributed by atoms with Gasteiger partial charge in [0.05, 0.1) is 6.10 Å². The number of hydrogen-bond donors (Lipinski definition) is 1. The van der Waals surface area contributed by atoms with E-state index in [0.717, 1.165) is 12.5 Å². The van der Waals surface area contributed by atoms with Gasteiger partial charge in [-0.25, -0.2) is 0 Å². The first-order chi connectivity index (χ1) is 8.11. The van der Waals surface area contributed by atoms with Gasteiger partial charge in [0.15, 0.2) is 0 Å². The average molecular weight is 257 g/mol. The molecule has 1 N–H and O–H groups in total. The van der Waals surface area contributed by atoms with E-state index in [1.165, 1.54) is 25.0 Å². The topological polar surface area (TPSA) is 21.3 Å². The van der Waals surface area contributed by atoms with E-state index in [0.29, 0.717) is 23.6 Å². The van der Waals surface area contributed by atoms with Gasteiger partial charge in [0.1, 0.15) is 0 Å². The fourth-order valence-corrected chi connectivity index (χ4v) is 4.33. The van der Waals surface area contributed by atoms with Crippen LogP contribution < -0.4 is 5.32 Å². The highest BCUT2D eigenvalue weighted by atomic mass is 32.2. The zero-order chi connectivity index (χ0) is 12.5. The Kier molecular flexibility index (Phi) is 4.43. The number of ether oxygens (including phenoxy) is 1. The third-order valence-electron chi connectivity index (χ3n) is 4.61. The van der Waals surface area contributed by atoms with Crippen LogP contribution >= 0.6 is 11.8 Å². The van der Waals surface area contributed by atoms with Gasteiger partial charge in [-0.1, -0.05) is 20.8 Å². The van der Waals surface area contributed by atoms with Crippen molar-refractivity contribution in [2.45, 2.75) is 58.2 Å². The van der Waals surface area contributed by atoms with E-state index >= 15 is 0 Å². The van der Waals surface area contributed by atoms with Crippen LogP contribution in [-0.2, 0) is 4.74 Å². The lowest BCUT2D eigenvalue weighted by Gasteiger charge is -2.60. The Bertz CT molecular complexity index is 257. The molecule has 0 aromatic heterocycles. The highest BCUT2D eigenvalue weighted by molar-refractivity contribution is 7.98. The third kappa shape index (κ3) is 2.52. The van der Waals surface area contributed by atoms with E-state index < -0.39 is 0 Å². The van der Waals surface area contributed by atoms with Crippen LogP contribution in [0.25, 0.3) is 0 Å². The molecular formula is C14H27NOS. The molecule has 2 nitrogen and oxygen atoms in total. The molecule has 4 atom stereocenters. The monoisotopic (exact) mass is 257 g/mol. The summed E-state index contributed by atoms with van der Waals surface area (Å²) in [4.78, 5) is 0.